The average molecular weight is 624 g/mol. The Balaban J connectivity index is 1.30. The van der Waals surface area contributed by atoms with Crippen LogP contribution in [0.5, 0.6) is 0 Å². The predicted octanol–water partition coefficient (Wildman–Crippen LogP) is 13.6. The molecule has 0 aliphatic rings. The number of rotatable bonds is 6. The van der Waals surface area contributed by atoms with Crippen molar-refractivity contribution in [2.75, 3.05) is 4.90 Å². The summed E-state index contributed by atoms with van der Waals surface area (Å²) >= 11 is 0. The molecule has 9 aromatic rings. The van der Waals surface area contributed by atoms with Gasteiger partial charge in [-0.25, -0.2) is 0 Å². The molecule has 0 fully saturated rings. The zero-order valence-corrected chi connectivity index (χ0v) is 27.0. The molecule has 0 N–H and O–H groups in total. The fraction of sp³-hybridized carbons (Fsp3) is 0. The zero-order chi connectivity index (χ0) is 32.6. The van der Waals surface area contributed by atoms with Crippen LogP contribution in [0, 0.1) is 0 Å². The molecule has 1 heteroatoms. The van der Waals surface area contributed by atoms with E-state index in [2.05, 4.69) is 205 Å². The minimum atomic E-state index is 1.11. The summed E-state index contributed by atoms with van der Waals surface area (Å²) in [4.78, 5) is 2.44. The maximum atomic E-state index is 2.44. The molecular formula is C48H33N. The monoisotopic (exact) mass is 623 g/mol. The molecular weight excluding hydrogens is 591 g/mol. The summed E-state index contributed by atoms with van der Waals surface area (Å²) in [5.41, 5.74) is 10.5. The minimum Gasteiger partial charge on any atom is -0.310 e. The molecule has 9 aromatic carbocycles. The lowest BCUT2D eigenvalue weighted by Gasteiger charge is -2.29. The largest absolute Gasteiger partial charge is 0.310 e. The third-order valence-corrected chi connectivity index (χ3v) is 9.60. The number of nitrogens with zero attached hydrogens (tertiary/aromatic N) is 1. The summed E-state index contributed by atoms with van der Waals surface area (Å²) in [7, 11) is 0. The Labute approximate surface area is 287 Å². The normalized spacial score (nSPS) is 11.3. The van der Waals surface area contributed by atoms with Crippen LogP contribution in [0.1, 0.15) is 0 Å². The minimum absolute atomic E-state index is 1.11. The lowest BCUT2D eigenvalue weighted by molar-refractivity contribution is 1.30. The Kier molecular flexibility index (Phi) is 7.22. The fourth-order valence-corrected chi connectivity index (χ4v) is 7.25. The molecule has 1 nitrogen and oxygen atoms in total. The van der Waals surface area contributed by atoms with E-state index in [9.17, 15) is 0 Å². The smallest absolute Gasteiger partial charge is 0.0546 e. The standard InChI is InChI=1S/C48H33N/c1-3-14-34(15-4-1)39-30-40(35-16-5-2-6-17-35)32-42(31-39)49(48-33-38-19-8-10-22-45(38)46-23-11-12-24-47(46)48)41-28-26-37(27-29-41)44-25-13-20-36-18-7-9-21-43(36)44/h1-33H. The molecule has 230 valence electrons. The fourth-order valence-electron chi connectivity index (χ4n) is 7.25. The van der Waals surface area contributed by atoms with Gasteiger partial charge in [-0.2, -0.15) is 0 Å². The van der Waals surface area contributed by atoms with E-state index < -0.39 is 0 Å². The van der Waals surface area contributed by atoms with Crippen LogP contribution in [-0.2, 0) is 0 Å². The molecule has 49 heavy (non-hydrogen) atoms. The van der Waals surface area contributed by atoms with Crippen LogP contribution < -0.4 is 4.90 Å². The first-order chi connectivity index (χ1) is 24.3. The second-order valence-electron chi connectivity index (χ2n) is 12.6. The maximum absolute atomic E-state index is 2.44. The molecule has 0 bridgehead atoms. The van der Waals surface area contributed by atoms with Crippen LogP contribution in [0.4, 0.5) is 17.1 Å². The van der Waals surface area contributed by atoms with Crippen LogP contribution in [0.3, 0.4) is 0 Å². The lowest BCUT2D eigenvalue weighted by atomic mass is 9.95. The number of hydrogen-bond donors (Lipinski definition) is 0. The van der Waals surface area contributed by atoms with Crippen molar-refractivity contribution in [3.05, 3.63) is 200 Å². The molecule has 0 radical (unpaired) electrons. The Hall–Kier alpha value is -6.44. The van der Waals surface area contributed by atoms with E-state index >= 15 is 0 Å². The van der Waals surface area contributed by atoms with Crippen molar-refractivity contribution in [3.8, 4) is 33.4 Å². The molecule has 0 saturated carbocycles. The molecule has 0 saturated heterocycles. The molecule has 0 unspecified atom stereocenters. The second-order valence-corrected chi connectivity index (χ2v) is 12.6. The topological polar surface area (TPSA) is 3.24 Å². The van der Waals surface area contributed by atoms with Crippen molar-refractivity contribution in [3.63, 3.8) is 0 Å². The van der Waals surface area contributed by atoms with Crippen LogP contribution in [-0.4, -0.2) is 0 Å². The average Bonchev–Trinajstić information content (AvgIpc) is 3.19. The maximum Gasteiger partial charge on any atom is 0.0546 e. The van der Waals surface area contributed by atoms with E-state index in [1.807, 2.05) is 0 Å². The Morgan fingerprint density at radius 3 is 1.47 bits per heavy atom. The van der Waals surface area contributed by atoms with Gasteiger partial charge in [-0.3, -0.25) is 0 Å². The molecule has 0 aliphatic heterocycles. The first kappa shape index (κ1) is 28.8. The van der Waals surface area contributed by atoms with E-state index in [1.165, 1.54) is 65.7 Å². The van der Waals surface area contributed by atoms with Gasteiger partial charge >= 0.3 is 0 Å². The summed E-state index contributed by atoms with van der Waals surface area (Å²) in [6.07, 6.45) is 0. The van der Waals surface area contributed by atoms with E-state index in [1.54, 1.807) is 0 Å². The number of benzene rings is 9. The van der Waals surface area contributed by atoms with E-state index in [4.69, 9.17) is 0 Å². The highest BCUT2D eigenvalue weighted by atomic mass is 15.1. The van der Waals surface area contributed by atoms with Gasteiger partial charge in [0.25, 0.3) is 0 Å². The Morgan fingerprint density at radius 1 is 0.265 bits per heavy atom. The molecule has 0 aliphatic carbocycles. The highest BCUT2D eigenvalue weighted by Crippen LogP contribution is 2.45. The van der Waals surface area contributed by atoms with E-state index in [0.29, 0.717) is 0 Å². The van der Waals surface area contributed by atoms with E-state index in [-0.39, 0.29) is 0 Å². The van der Waals surface area contributed by atoms with Gasteiger partial charge in [0, 0.05) is 16.8 Å². The second kappa shape index (κ2) is 12.3. The zero-order valence-electron chi connectivity index (χ0n) is 27.0. The van der Waals surface area contributed by atoms with Crippen molar-refractivity contribution < 1.29 is 0 Å². The number of fused-ring (bicyclic) bond motifs is 4. The highest BCUT2D eigenvalue weighted by molar-refractivity contribution is 6.14. The third-order valence-electron chi connectivity index (χ3n) is 9.60. The summed E-state index contributed by atoms with van der Waals surface area (Å²) in [6.45, 7) is 0. The Morgan fingerprint density at radius 2 is 0.796 bits per heavy atom. The molecule has 0 aromatic heterocycles. The quantitative estimate of drug-likeness (QED) is 0.167. The SMILES string of the molecule is c1ccc(-c2cc(-c3ccccc3)cc(N(c3ccc(-c4cccc5ccccc45)cc3)c3cc4ccccc4c4ccccc34)c2)cc1. The molecule has 0 amide bonds. The third kappa shape index (κ3) is 5.32. The van der Waals surface area contributed by atoms with Gasteiger partial charge in [0.15, 0.2) is 0 Å². The summed E-state index contributed by atoms with van der Waals surface area (Å²) in [6, 6.07) is 72.6. The van der Waals surface area contributed by atoms with Crippen LogP contribution in [0.15, 0.2) is 200 Å². The van der Waals surface area contributed by atoms with Crippen LogP contribution in [0.25, 0.3) is 65.7 Å². The summed E-state index contributed by atoms with van der Waals surface area (Å²) in [5, 5.41) is 7.45. The molecule has 9 rings (SSSR count). The van der Waals surface area contributed by atoms with Crippen molar-refractivity contribution in [1.29, 1.82) is 0 Å². The van der Waals surface area contributed by atoms with Gasteiger partial charge < -0.3 is 4.90 Å². The van der Waals surface area contributed by atoms with Gasteiger partial charge in [-0.05, 0) is 96.7 Å². The van der Waals surface area contributed by atoms with Crippen molar-refractivity contribution >= 4 is 49.4 Å². The van der Waals surface area contributed by atoms with Gasteiger partial charge in [-0.1, -0.05) is 164 Å². The van der Waals surface area contributed by atoms with Gasteiger partial charge in [0.2, 0.25) is 0 Å². The highest BCUT2D eigenvalue weighted by Gasteiger charge is 2.19. The van der Waals surface area contributed by atoms with E-state index in [0.717, 1.165) is 17.1 Å². The van der Waals surface area contributed by atoms with Crippen LogP contribution >= 0.6 is 0 Å². The number of anilines is 3. The lowest BCUT2D eigenvalue weighted by Crippen LogP contribution is -2.11. The summed E-state index contributed by atoms with van der Waals surface area (Å²) < 4.78 is 0. The van der Waals surface area contributed by atoms with Crippen LogP contribution in [0.2, 0.25) is 0 Å². The van der Waals surface area contributed by atoms with Gasteiger partial charge in [0.05, 0.1) is 5.69 Å². The molecule has 0 spiro atoms. The molecule has 0 atom stereocenters. The number of hydrogen-bond acceptors (Lipinski definition) is 1. The van der Waals surface area contributed by atoms with Gasteiger partial charge in [0.1, 0.15) is 0 Å². The van der Waals surface area contributed by atoms with Crippen molar-refractivity contribution in [1.82, 2.24) is 0 Å². The first-order valence-electron chi connectivity index (χ1n) is 16.8. The Bertz CT molecular complexity index is 2520. The molecule has 0 heterocycles. The summed E-state index contributed by atoms with van der Waals surface area (Å²) in [5.74, 6) is 0. The van der Waals surface area contributed by atoms with Crippen molar-refractivity contribution in [2.24, 2.45) is 0 Å². The predicted molar refractivity (Wildman–Crippen MR) is 210 cm³/mol. The van der Waals surface area contributed by atoms with Gasteiger partial charge in [-0.15, -0.1) is 0 Å². The van der Waals surface area contributed by atoms with Crippen molar-refractivity contribution in [2.45, 2.75) is 0 Å². The first-order valence-corrected chi connectivity index (χ1v) is 16.8.